The number of hydrogen-bond acceptors (Lipinski definition) is 7. The molecule has 0 amide bonds. The summed E-state index contributed by atoms with van der Waals surface area (Å²) < 4.78 is 44.3. The molecule has 0 radical (unpaired) electrons. The summed E-state index contributed by atoms with van der Waals surface area (Å²) in [5.41, 5.74) is 0. The van der Waals surface area contributed by atoms with E-state index in [1.54, 1.807) is 0 Å². The minimum absolute atomic E-state index is 0.126. The highest BCUT2D eigenvalue weighted by Crippen LogP contribution is 2.22. The number of ether oxygens (including phenoxy) is 7. The molecule has 7 nitrogen and oxygen atoms in total. The summed E-state index contributed by atoms with van der Waals surface area (Å²) in [6.45, 7) is 17.5. The minimum Gasteiger partial charge on any atom is -0.494 e. The van der Waals surface area contributed by atoms with Crippen molar-refractivity contribution in [3.63, 3.8) is 0 Å². The highest BCUT2D eigenvalue weighted by atomic mass is 16.7. The summed E-state index contributed by atoms with van der Waals surface area (Å²) in [5, 5.41) is 0. The van der Waals surface area contributed by atoms with Gasteiger partial charge in [-0.3, -0.25) is 0 Å². The molecular formula is C58H114O7. The van der Waals surface area contributed by atoms with Crippen molar-refractivity contribution in [2.45, 2.75) is 298 Å². The van der Waals surface area contributed by atoms with Crippen molar-refractivity contribution >= 4 is 0 Å². The maximum absolute atomic E-state index is 6.53. The van der Waals surface area contributed by atoms with Gasteiger partial charge >= 0.3 is 0 Å². The Morgan fingerprint density at radius 3 is 0.692 bits per heavy atom. The van der Waals surface area contributed by atoms with Gasteiger partial charge in [0.1, 0.15) is 38.3 Å². The molecule has 0 fully saturated rings. The third kappa shape index (κ3) is 46.1. The van der Waals surface area contributed by atoms with Gasteiger partial charge in [0.15, 0.2) is 11.5 Å². The second kappa shape index (κ2) is 55.2. The molecule has 0 aromatic carbocycles. The fraction of sp³-hybridized carbons (Fsp3) is 0.931. The van der Waals surface area contributed by atoms with Crippen molar-refractivity contribution in [1.29, 1.82) is 0 Å². The van der Waals surface area contributed by atoms with Crippen LogP contribution in [0.4, 0.5) is 0 Å². The van der Waals surface area contributed by atoms with Crippen LogP contribution in [0.3, 0.4) is 0 Å². The van der Waals surface area contributed by atoms with Crippen LogP contribution < -0.4 is 0 Å². The maximum Gasteiger partial charge on any atom is 0.159 e. The van der Waals surface area contributed by atoms with E-state index in [0.717, 1.165) is 87.6 Å². The number of rotatable bonds is 56. The summed E-state index contributed by atoms with van der Waals surface area (Å²) in [7, 11) is 0. The molecule has 7 heteroatoms. The molecule has 388 valence electrons. The normalized spacial score (nSPS) is 12.4. The Morgan fingerprint density at radius 1 is 0.215 bits per heavy atom. The van der Waals surface area contributed by atoms with Gasteiger partial charge in [0.25, 0.3) is 0 Å². The Labute approximate surface area is 406 Å². The first-order valence-corrected chi connectivity index (χ1v) is 28.9. The third-order valence-electron chi connectivity index (χ3n) is 12.5. The number of hydrogen-bond donors (Lipinski definition) is 0. The highest BCUT2D eigenvalue weighted by molar-refractivity contribution is 5.03. The molecule has 0 saturated carbocycles. The van der Waals surface area contributed by atoms with Gasteiger partial charge in [0.05, 0.1) is 26.4 Å². The van der Waals surface area contributed by atoms with E-state index in [9.17, 15) is 0 Å². The molecule has 0 aromatic heterocycles. The van der Waals surface area contributed by atoms with Crippen LogP contribution in [-0.4, -0.2) is 53.2 Å². The van der Waals surface area contributed by atoms with Gasteiger partial charge in [-0.15, -0.1) is 0 Å². The van der Waals surface area contributed by atoms with Crippen molar-refractivity contribution in [2.24, 2.45) is 0 Å². The lowest BCUT2D eigenvalue weighted by atomic mass is 10.1. The predicted octanol–water partition coefficient (Wildman–Crippen LogP) is 19.2. The second-order valence-corrected chi connectivity index (χ2v) is 19.0. The summed E-state index contributed by atoms with van der Waals surface area (Å²) in [4.78, 5) is 0. The van der Waals surface area contributed by atoms with Crippen LogP contribution in [0.5, 0.6) is 0 Å². The number of allylic oxidation sites excluding steroid dienone is 2. The summed E-state index contributed by atoms with van der Waals surface area (Å²) in [6.07, 6.45) is 49.8. The van der Waals surface area contributed by atoms with Crippen molar-refractivity contribution < 1.29 is 33.2 Å². The quantitative estimate of drug-likeness (QED) is 0.0342. The monoisotopic (exact) mass is 923 g/mol. The van der Waals surface area contributed by atoms with E-state index in [4.69, 9.17) is 33.2 Å². The molecule has 0 saturated heterocycles. The second-order valence-electron chi connectivity index (χ2n) is 19.0. The Hall–Kier alpha value is -1.44. The van der Waals surface area contributed by atoms with Crippen LogP contribution in [-0.2, 0) is 33.2 Å². The molecular weight excluding hydrogens is 809 g/mol. The van der Waals surface area contributed by atoms with Gasteiger partial charge in [-0.2, -0.15) is 0 Å². The SMILES string of the molecule is CCCCCCCCCCOC(CCCCC)=C(COCOCOCC(OCCCCCCCCCC)=C(CCCCC)OCCCCCCCCCC)OCCCCCCCCCC. The smallest absolute Gasteiger partial charge is 0.159 e. The molecule has 0 spiro atoms. The first kappa shape index (κ1) is 63.6. The van der Waals surface area contributed by atoms with Crippen molar-refractivity contribution in [3.8, 4) is 0 Å². The molecule has 0 rings (SSSR count). The van der Waals surface area contributed by atoms with Gasteiger partial charge in [0, 0.05) is 12.8 Å². The predicted molar refractivity (Wildman–Crippen MR) is 279 cm³/mol. The van der Waals surface area contributed by atoms with Crippen molar-refractivity contribution in [2.75, 3.05) is 53.2 Å². The number of unbranched alkanes of at least 4 members (excludes halogenated alkanes) is 32. The van der Waals surface area contributed by atoms with E-state index in [1.807, 2.05) is 0 Å². The van der Waals surface area contributed by atoms with Gasteiger partial charge in [-0.05, 0) is 38.5 Å². The van der Waals surface area contributed by atoms with E-state index in [2.05, 4.69) is 41.5 Å². The Kier molecular flexibility index (Phi) is 53.9. The lowest BCUT2D eigenvalue weighted by Gasteiger charge is -2.19. The fourth-order valence-electron chi connectivity index (χ4n) is 8.21. The van der Waals surface area contributed by atoms with E-state index in [0.29, 0.717) is 26.4 Å². The van der Waals surface area contributed by atoms with E-state index in [1.165, 1.54) is 205 Å². The van der Waals surface area contributed by atoms with Crippen LogP contribution in [0.25, 0.3) is 0 Å². The zero-order chi connectivity index (χ0) is 47.2. The summed E-state index contributed by atoms with van der Waals surface area (Å²) in [6, 6.07) is 0. The third-order valence-corrected chi connectivity index (χ3v) is 12.5. The first-order chi connectivity index (χ1) is 32.2. The molecule has 0 bridgehead atoms. The molecule has 0 atom stereocenters. The minimum atomic E-state index is 0.126. The van der Waals surface area contributed by atoms with Crippen LogP contribution in [0, 0.1) is 0 Å². The standard InChI is InChI=1S/C58H114O7/c1-7-13-19-23-27-31-35-41-47-62-55(45-39-17-11-5)57(64-49-43-37-33-29-25-21-15-9-3)51-59-53-61-54-60-52-58(65-50-44-38-34-30-26-22-16-10-4)56(46-40-18-12-6)63-48-42-36-32-28-24-20-14-8-2/h7-54H2,1-6H3. The van der Waals surface area contributed by atoms with Gasteiger partial charge < -0.3 is 33.2 Å². The average molecular weight is 924 g/mol. The van der Waals surface area contributed by atoms with E-state index < -0.39 is 0 Å². The topological polar surface area (TPSA) is 64.6 Å². The molecule has 0 aromatic rings. The highest BCUT2D eigenvalue weighted by Gasteiger charge is 2.14. The summed E-state index contributed by atoms with van der Waals surface area (Å²) >= 11 is 0. The zero-order valence-corrected chi connectivity index (χ0v) is 44.8. The average Bonchev–Trinajstić information content (AvgIpc) is 3.31. The molecule has 65 heavy (non-hydrogen) atoms. The fourth-order valence-corrected chi connectivity index (χ4v) is 8.21. The molecule has 0 aliphatic heterocycles. The Morgan fingerprint density at radius 2 is 0.431 bits per heavy atom. The molecule has 0 heterocycles. The first-order valence-electron chi connectivity index (χ1n) is 28.9. The van der Waals surface area contributed by atoms with E-state index in [-0.39, 0.29) is 13.6 Å². The zero-order valence-electron chi connectivity index (χ0n) is 44.8. The molecule has 0 aliphatic rings. The molecule has 0 unspecified atom stereocenters. The van der Waals surface area contributed by atoms with Gasteiger partial charge in [0.2, 0.25) is 0 Å². The Balaban J connectivity index is 5.47. The summed E-state index contributed by atoms with van der Waals surface area (Å²) in [5.74, 6) is 3.64. The van der Waals surface area contributed by atoms with Gasteiger partial charge in [-0.1, -0.05) is 247 Å². The Bertz CT molecular complexity index is 905. The largest absolute Gasteiger partial charge is 0.494 e. The van der Waals surface area contributed by atoms with Crippen molar-refractivity contribution in [3.05, 3.63) is 23.0 Å². The lowest BCUT2D eigenvalue weighted by molar-refractivity contribution is -0.132. The van der Waals surface area contributed by atoms with Crippen LogP contribution in [0.1, 0.15) is 298 Å². The molecule has 0 N–H and O–H groups in total. The van der Waals surface area contributed by atoms with Crippen molar-refractivity contribution in [1.82, 2.24) is 0 Å². The lowest BCUT2D eigenvalue weighted by Crippen LogP contribution is -2.14. The molecule has 0 aliphatic carbocycles. The van der Waals surface area contributed by atoms with Crippen LogP contribution in [0.15, 0.2) is 23.0 Å². The van der Waals surface area contributed by atoms with Crippen LogP contribution in [0.2, 0.25) is 0 Å². The van der Waals surface area contributed by atoms with Gasteiger partial charge in [-0.25, -0.2) is 0 Å². The van der Waals surface area contributed by atoms with E-state index >= 15 is 0 Å². The maximum atomic E-state index is 6.53. The van der Waals surface area contributed by atoms with Crippen LogP contribution >= 0.6 is 0 Å².